The van der Waals surface area contributed by atoms with Gasteiger partial charge in [0.1, 0.15) is 0 Å². The quantitative estimate of drug-likeness (QED) is 0.877. The topological polar surface area (TPSA) is 32.3 Å². The van der Waals surface area contributed by atoms with Crippen molar-refractivity contribution in [1.29, 1.82) is 0 Å². The summed E-state index contributed by atoms with van der Waals surface area (Å²) in [7, 11) is 0. The fourth-order valence-electron chi connectivity index (χ4n) is 2.82. The van der Waals surface area contributed by atoms with E-state index in [-0.39, 0.29) is 12.1 Å². The number of aryl methyl sites for hydroxylation is 1. The Labute approximate surface area is 119 Å². The Kier molecular flexibility index (Phi) is 3.18. The fourth-order valence-corrected chi connectivity index (χ4v) is 2.82. The molecule has 1 N–H and O–H groups in total. The normalized spacial score (nSPS) is 17.6. The molecule has 2 amide bonds. The summed E-state index contributed by atoms with van der Waals surface area (Å²) in [6.45, 7) is 4.77. The van der Waals surface area contributed by atoms with Crippen molar-refractivity contribution in [3.8, 4) is 0 Å². The summed E-state index contributed by atoms with van der Waals surface area (Å²) in [4.78, 5) is 14.1. The molecule has 0 fully saturated rings. The van der Waals surface area contributed by atoms with Crippen molar-refractivity contribution in [2.24, 2.45) is 0 Å². The Morgan fingerprint density at radius 3 is 2.60 bits per heavy atom. The van der Waals surface area contributed by atoms with Crippen LogP contribution in [0.15, 0.2) is 48.5 Å². The summed E-state index contributed by atoms with van der Waals surface area (Å²) in [6, 6.07) is 16.3. The molecule has 0 aromatic heterocycles. The third kappa shape index (κ3) is 2.05. The lowest BCUT2D eigenvalue weighted by molar-refractivity contribution is 0.198. The second-order valence-electron chi connectivity index (χ2n) is 5.12. The Hall–Kier alpha value is -2.29. The van der Waals surface area contributed by atoms with E-state index >= 15 is 0 Å². The second-order valence-corrected chi connectivity index (χ2v) is 5.12. The number of rotatable bonds is 2. The molecule has 0 saturated heterocycles. The number of nitrogens with zero attached hydrogens (tertiary/aromatic N) is 1. The molecule has 3 rings (SSSR count). The fraction of sp³-hybridized carbons (Fsp3) is 0.235. The minimum absolute atomic E-state index is 0.00940. The number of hydrogen-bond donors (Lipinski definition) is 1. The molecule has 20 heavy (non-hydrogen) atoms. The number of carbonyl (C=O) groups excluding carboxylic acids is 1. The van der Waals surface area contributed by atoms with Crippen molar-refractivity contribution in [2.45, 2.75) is 19.9 Å². The largest absolute Gasteiger partial charge is 0.322 e. The van der Waals surface area contributed by atoms with E-state index in [0.717, 1.165) is 16.8 Å². The smallest absolute Gasteiger partial charge is 0.314 e. The third-order valence-electron chi connectivity index (χ3n) is 3.77. The van der Waals surface area contributed by atoms with Crippen LogP contribution < -0.4 is 5.32 Å². The first kappa shape index (κ1) is 12.7. The third-order valence-corrected chi connectivity index (χ3v) is 3.77. The Bertz CT molecular complexity index is 637. The molecule has 1 unspecified atom stereocenters. The van der Waals surface area contributed by atoms with Crippen LogP contribution in [0.2, 0.25) is 0 Å². The minimum atomic E-state index is -0.0299. The minimum Gasteiger partial charge on any atom is -0.314 e. The maximum absolute atomic E-state index is 12.3. The van der Waals surface area contributed by atoms with Gasteiger partial charge in [-0.25, -0.2) is 4.79 Å². The number of benzene rings is 2. The monoisotopic (exact) mass is 266 g/mol. The summed E-state index contributed by atoms with van der Waals surface area (Å²) in [5, 5.41) is 2.97. The van der Waals surface area contributed by atoms with Crippen molar-refractivity contribution in [2.75, 3.05) is 11.9 Å². The van der Waals surface area contributed by atoms with Crippen LogP contribution in [0, 0.1) is 6.92 Å². The molecule has 1 aliphatic rings. The molecule has 3 nitrogen and oxygen atoms in total. The van der Waals surface area contributed by atoms with E-state index in [1.807, 2.05) is 42.2 Å². The van der Waals surface area contributed by atoms with Gasteiger partial charge in [-0.05, 0) is 25.5 Å². The molecule has 0 saturated carbocycles. The van der Waals surface area contributed by atoms with E-state index in [9.17, 15) is 4.79 Å². The van der Waals surface area contributed by atoms with E-state index in [1.165, 1.54) is 5.56 Å². The van der Waals surface area contributed by atoms with Crippen LogP contribution in [0.1, 0.15) is 29.7 Å². The van der Waals surface area contributed by atoms with Gasteiger partial charge < -0.3 is 10.2 Å². The Morgan fingerprint density at radius 1 is 1.15 bits per heavy atom. The van der Waals surface area contributed by atoms with Crippen LogP contribution in [-0.2, 0) is 0 Å². The molecule has 102 valence electrons. The highest BCUT2D eigenvalue weighted by Gasteiger charge is 2.32. The highest BCUT2D eigenvalue weighted by atomic mass is 16.2. The van der Waals surface area contributed by atoms with E-state index < -0.39 is 0 Å². The van der Waals surface area contributed by atoms with Crippen LogP contribution in [-0.4, -0.2) is 17.5 Å². The standard InChI is InChI=1S/C17H18N2O/c1-3-19-16(13-7-5-4-6-8-13)14-11-12(2)9-10-15(14)18-17(19)20/h4-11,16H,3H2,1-2H3,(H,18,20). The van der Waals surface area contributed by atoms with Crippen LogP contribution in [0.5, 0.6) is 0 Å². The van der Waals surface area contributed by atoms with Crippen LogP contribution in [0.25, 0.3) is 0 Å². The van der Waals surface area contributed by atoms with E-state index in [1.54, 1.807) is 0 Å². The summed E-state index contributed by atoms with van der Waals surface area (Å²) in [5.41, 5.74) is 4.43. The van der Waals surface area contributed by atoms with Gasteiger partial charge in [0.15, 0.2) is 0 Å². The molecule has 0 radical (unpaired) electrons. The maximum atomic E-state index is 12.3. The zero-order chi connectivity index (χ0) is 14.1. The Morgan fingerprint density at radius 2 is 1.90 bits per heavy atom. The van der Waals surface area contributed by atoms with Gasteiger partial charge >= 0.3 is 6.03 Å². The molecule has 0 bridgehead atoms. The zero-order valence-electron chi connectivity index (χ0n) is 11.8. The van der Waals surface area contributed by atoms with Gasteiger partial charge in [-0.1, -0.05) is 48.0 Å². The molecule has 1 aliphatic heterocycles. The molecule has 2 aromatic carbocycles. The van der Waals surface area contributed by atoms with E-state index in [0.29, 0.717) is 6.54 Å². The summed E-state index contributed by atoms with van der Waals surface area (Å²) >= 11 is 0. The predicted molar refractivity (Wildman–Crippen MR) is 80.9 cm³/mol. The summed E-state index contributed by atoms with van der Waals surface area (Å²) in [5.74, 6) is 0. The van der Waals surface area contributed by atoms with Crippen molar-refractivity contribution in [1.82, 2.24) is 4.90 Å². The molecule has 2 aromatic rings. The van der Waals surface area contributed by atoms with Gasteiger partial charge in [-0.15, -0.1) is 0 Å². The maximum Gasteiger partial charge on any atom is 0.322 e. The van der Waals surface area contributed by atoms with Crippen LogP contribution in [0.3, 0.4) is 0 Å². The number of urea groups is 1. The first-order valence-corrected chi connectivity index (χ1v) is 6.94. The van der Waals surface area contributed by atoms with Gasteiger partial charge in [0.05, 0.1) is 6.04 Å². The number of nitrogens with one attached hydrogen (secondary N) is 1. The molecule has 0 spiro atoms. The Balaban J connectivity index is 2.18. The zero-order valence-corrected chi connectivity index (χ0v) is 11.8. The van der Waals surface area contributed by atoms with Crippen LogP contribution >= 0.6 is 0 Å². The highest BCUT2D eigenvalue weighted by molar-refractivity contribution is 5.93. The first-order valence-electron chi connectivity index (χ1n) is 6.94. The van der Waals surface area contributed by atoms with Crippen molar-refractivity contribution < 1.29 is 4.79 Å². The molecule has 3 heteroatoms. The van der Waals surface area contributed by atoms with E-state index in [2.05, 4.69) is 30.4 Å². The van der Waals surface area contributed by atoms with Crippen molar-refractivity contribution in [3.05, 3.63) is 65.2 Å². The van der Waals surface area contributed by atoms with Gasteiger partial charge in [-0.2, -0.15) is 0 Å². The molecule has 1 atom stereocenters. The van der Waals surface area contributed by atoms with Gasteiger partial charge in [0.25, 0.3) is 0 Å². The summed E-state index contributed by atoms with van der Waals surface area (Å²) < 4.78 is 0. The number of amides is 2. The SMILES string of the molecule is CCN1C(=O)Nc2ccc(C)cc2C1c1ccccc1. The predicted octanol–water partition coefficient (Wildman–Crippen LogP) is 3.95. The number of carbonyl (C=O) groups is 1. The average molecular weight is 266 g/mol. The molecular weight excluding hydrogens is 248 g/mol. The summed E-state index contributed by atoms with van der Waals surface area (Å²) in [6.07, 6.45) is 0. The second kappa shape index (κ2) is 5.00. The van der Waals surface area contributed by atoms with Crippen molar-refractivity contribution in [3.63, 3.8) is 0 Å². The highest BCUT2D eigenvalue weighted by Crippen LogP contribution is 2.37. The van der Waals surface area contributed by atoms with Crippen LogP contribution in [0.4, 0.5) is 10.5 Å². The number of anilines is 1. The number of hydrogen-bond acceptors (Lipinski definition) is 1. The molecule has 1 heterocycles. The lowest BCUT2D eigenvalue weighted by atomic mass is 9.93. The first-order chi connectivity index (χ1) is 9.70. The van der Waals surface area contributed by atoms with Gasteiger partial charge in [0.2, 0.25) is 0 Å². The lowest BCUT2D eigenvalue weighted by Gasteiger charge is -2.37. The lowest BCUT2D eigenvalue weighted by Crippen LogP contribution is -2.42. The number of fused-ring (bicyclic) bond motifs is 1. The van der Waals surface area contributed by atoms with Gasteiger partial charge in [-0.3, -0.25) is 0 Å². The van der Waals surface area contributed by atoms with Gasteiger partial charge in [0, 0.05) is 17.8 Å². The molecule has 0 aliphatic carbocycles. The van der Waals surface area contributed by atoms with Crippen molar-refractivity contribution >= 4 is 11.7 Å². The average Bonchev–Trinajstić information content (AvgIpc) is 2.47. The molecular formula is C17H18N2O. The van der Waals surface area contributed by atoms with E-state index in [4.69, 9.17) is 0 Å².